The maximum absolute atomic E-state index is 12.6. The molecule has 3 rings (SSSR count). The van der Waals surface area contributed by atoms with Gasteiger partial charge in [0.1, 0.15) is 17.5 Å². The van der Waals surface area contributed by atoms with Gasteiger partial charge in [-0.3, -0.25) is 4.79 Å². The Morgan fingerprint density at radius 2 is 1.90 bits per heavy atom. The Bertz CT molecular complexity index is 1060. The fourth-order valence-electron chi connectivity index (χ4n) is 2.86. The number of nitriles is 1. The monoisotopic (exact) mass is 387 g/mol. The molecule has 0 aliphatic rings. The topological polar surface area (TPSA) is 99.9 Å². The number of aryl methyl sites for hydroxylation is 1. The summed E-state index contributed by atoms with van der Waals surface area (Å²) in [4.78, 5) is 21.2. The van der Waals surface area contributed by atoms with Crippen molar-refractivity contribution in [3.05, 3.63) is 77.1 Å². The number of carbonyl (C=O) groups is 1. The van der Waals surface area contributed by atoms with Crippen LogP contribution in [0.1, 0.15) is 27.3 Å². The number of benzene rings is 2. The van der Waals surface area contributed by atoms with E-state index in [4.69, 9.17) is 4.74 Å². The number of methoxy groups -OCH3 is 1. The fourth-order valence-corrected chi connectivity index (χ4v) is 2.86. The predicted octanol–water partition coefficient (Wildman–Crippen LogP) is 3.38. The van der Waals surface area contributed by atoms with E-state index in [0.717, 1.165) is 11.3 Å². The molecule has 146 valence electrons. The number of hydrogen-bond donors (Lipinski definition) is 2. The predicted molar refractivity (Wildman–Crippen MR) is 110 cm³/mol. The number of rotatable bonds is 7. The van der Waals surface area contributed by atoms with Gasteiger partial charge in [-0.15, -0.1) is 0 Å². The van der Waals surface area contributed by atoms with Crippen molar-refractivity contribution >= 4 is 17.5 Å². The Morgan fingerprint density at radius 1 is 1.14 bits per heavy atom. The minimum Gasteiger partial charge on any atom is -0.496 e. The van der Waals surface area contributed by atoms with Crippen LogP contribution in [0.25, 0.3) is 0 Å². The zero-order valence-electron chi connectivity index (χ0n) is 16.3. The van der Waals surface area contributed by atoms with Gasteiger partial charge >= 0.3 is 0 Å². The summed E-state index contributed by atoms with van der Waals surface area (Å²) in [7, 11) is 1.63. The van der Waals surface area contributed by atoms with Crippen LogP contribution in [0.2, 0.25) is 0 Å². The third kappa shape index (κ3) is 5.08. The van der Waals surface area contributed by atoms with Gasteiger partial charge in [0.25, 0.3) is 5.91 Å². The lowest BCUT2D eigenvalue weighted by atomic mass is 10.1. The first-order chi connectivity index (χ1) is 14.1. The summed E-state index contributed by atoms with van der Waals surface area (Å²) in [5.74, 6) is 0.770. The van der Waals surface area contributed by atoms with Crippen LogP contribution in [-0.4, -0.2) is 29.5 Å². The molecular weight excluding hydrogens is 366 g/mol. The van der Waals surface area contributed by atoms with E-state index in [1.807, 2.05) is 30.3 Å². The first-order valence-electron chi connectivity index (χ1n) is 9.12. The number of carbonyl (C=O) groups excluding carboxylic acids is 1. The first-order valence-corrected chi connectivity index (χ1v) is 9.12. The normalized spacial score (nSPS) is 10.1. The van der Waals surface area contributed by atoms with E-state index in [1.165, 1.54) is 0 Å². The zero-order valence-corrected chi connectivity index (χ0v) is 16.3. The third-order valence-corrected chi connectivity index (χ3v) is 4.25. The third-order valence-electron chi connectivity index (χ3n) is 4.25. The summed E-state index contributed by atoms with van der Waals surface area (Å²) in [5, 5.41) is 15.1. The Labute approximate surface area is 169 Å². The lowest BCUT2D eigenvalue weighted by Crippen LogP contribution is -2.27. The molecule has 0 bridgehead atoms. The van der Waals surface area contributed by atoms with Crippen molar-refractivity contribution in [3.63, 3.8) is 0 Å². The number of anilines is 2. The van der Waals surface area contributed by atoms with Gasteiger partial charge in [-0.1, -0.05) is 30.3 Å². The summed E-state index contributed by atoms with van der Waals surface area (Å²) in [5.41, 5.74) is 2.98. The van der Waals surface area contributed by atoms with Crippen LogP contribution in [0.5, 0.6) is 5.75 Å². The van der Waals surface area contributed by atoms with Crippen LogP contribution in [0.3, 0.4) is 0 Å². The van der Waals surface area contributed by atoms with Gasteiger partial charge in [-0.05, 0) is 43.2 Å². The minimum absolute atomic E-state index is 0.259. The number of nitrogens with one attached hydrogen (secondary N) is 2. The molecule has 0 aliphatic carbocycles. The molecule has 0 atom stereocenters. The molecule has 0 radical (unpaired) electrons. The van der Waals surface area contributed by atoms with E-state index in [-0.39, 0.29) is 17.5 Å². The van der Waals surface area contributed by atoms with Crippen molar-refractivity contribution in [1.82, 2.24) is 15.3 Å². The second-order valence-corrected chi connectivity index (χ2v) is 6.32. The average Bonchev–Trinajstić information content (AvgIpc) is 2.74. The lowest BCUT2D eigenvalue weighted by Gasteiger charge is -2.11. The number of para-hydroxylation sites is 2. The Morgan fingerprint density at radius 3 is 2.69 bits per heavy atom. The molecule has 0 spiro atoms. The molecule has 3 aromatic rings. The van der Waals surface area contributed by atoms with E-state index >= 15 is 0 Å². The van der Waals surface area contributed by atoms with Crippen molar-refractivity contribution in [1.29, 1.82) is 5.26 Å². The van der Waals surface area contributed by atoms with Gasteiger partial charge < -0.3 is 15.4 Å². The maximum atomic E-state index is 12.6. The molecule has 7 nitrogen and oxygen atoms in total. The van der Waals surface area contributed by atoms with E-state index < -0.39 is 0 Å². The highest BCUT2D eigenvalue weighted by molar-refractivity contribution is 5.92. The molecule has 0 fully saturated rings. The van der Waals surface area contributed by atoms with Gasteiger partial charge in [-0.25, -0.2) is 9.97 Å². The molecule has 7 heteroatoms. The largest absolute Gasteiger partial charge is 0.496 e. The molecule has 0 saturated carbocycles. The molecule has 0 unspecified atom stereocenters. The van der Waals surface area contributed by atoms with E-state index in [2.05, 4.69) is 26.7 Å². The van der Waals surface area contributed by atoms with Crippen LogP contribution in [-0.2, 0) is 6.42 Å². The first kappa shape index (κ1) is 19.8. The molecule has 1 amide bonds. The lowest BCUT2D eigenvalue weighted by molar-refractivity contribution is 0.0949. The van der Waals surface area contributed by atoms with Crippen molar-refractivity contribution in [3.8, 4) is 11.8 Å². The maximum Gasteiger partial charge on any atom is 0.270 e. The quantitative estimate of drug-likeness (QED) is 0.645. The summed E-state index contributed by atoms with van der Waals surface area (Å²) < 4.78 is 5.33. The highest BCUT2D eigenvalue weighted by atomic mass is 16.5. The number of aromatic nitrogens is 2. The molecule has 29 heavy (non-hydrogen) atoms. The van der Waals surface area contributed by atoms with Gasteiger partial charge in [-0.2, -0.15) is 5.26 Å². The molecule has 0 saturated heterocycles. The van der Waals surface area contributed by atoms with Crippen molar-refractivity contribution in [2.24, 2.45) is 0 Å². The molecule has 2 aromatic carbocycles. The number of nitrogens with zero attached hydrogens (tertiary/aromatic N) is 3. The van der Waals surface area contributed by atoms with Crippen molar-refractivity contribution in [2.45, 2.75) is 13.3 Å². The van der Waals surface area contributed by atoms with Crippen molar-refractivity contribution in [2.75, 3.05) is 19.0 Å². The highest BCUT2D eigenvalue weighted by Gasteiger charge is 2.12. The fraction of sp³-hybridized carbons (Fsp3) is 0.182. The minimum atomic E-state index is -0.290. The summed E-state index contributed by atoms with van der Waals surface area (Å²) in [6.07, 6.45) is 0.639. The molecular formula is C22H21N5O2. The van der Waals surface area contributed by atoms with Crippen LogP contribution < -0.4 is 15.4 Å². The number of ether oxygens (including phenoxy) is 1. The van der Waals surface area contributed by atoms with Gasteiger partial charge in [0.05, 0.1) is 18.4 Å². The summed E-state index contributed by atoms with van der Waals surface area (Å²) >= 11 is 0. The highest BCUT2D eigenvalue weighted by Crippen LogP contribution is 2.19. The zero-order chi connectivity index (χ0) is 20.6. The Kier molecular flexibility index (Phi) is 6.38. The van der Waals surface area contributed by atoms with Gasteiger partial charge in [0.15, 0.2) is 0 Å². The Hall–Kier alpha value is -3.92. The molecule has 2 N–H and O–H groups in total. The Balaban J connectivity index is 1.69. The second-order valence-electron chi connectivity index (χ2n) is 6.32. The van der Waals surface area contributed by atoms with Gasteiger partial charge in [0, 0.05) is 12.2 Å². The van der Waals surface area contributed by atoms with Crippen LogP contribution in [0, 0.1) is 18.3 Å². The van der Waals surface area contributed by atoms with Gasteiger partial charge in [0.2, 0.25) is 5.95 Å². The molecule has 1 heterocycles. The molecule has 0 aliphatic heterocycles. The average molecular weight is 387 g/mol. The number of hydrogen-bond acceptors (Lipinski definition) is 6. The smallest absolute Gasteiger partial charge is 0.270 e. The van der Waals surface area contributed by atoms with Crippen LogP contribution >= 0.6 is 0 Å². The second kappa shape index (κ2) is 9.33. The van der Waals surface area contributed by atoms with E-state index in [1.54, 1.807) is 38.3 Å². The SMILES string of the molecule is COc1ccccc1CCNC(=O)c1cc(C)nc(Nc2ccccc2C#N)n1. The standard InChI is InChI=1S/C22H21N5O2/c1-15-13-19(21(28)24-12-11-16-7-4-6-10-20(16)29-2)27-22(25-15)26-18-9-5-3-8-17(18)14-23/h3-10,13H,11-12H2,1-2H3,(H,24,28)(H,25,26,27). The van der Waals surface area contributed by atoms with Crippen LogP contribution in [0.4, 0.5) is 11.6 Å². The van der Waals surface area contributed by atoms with Crippen LogP contribution in [0.15, 0.2) is 54.6 Å². The van der Waals surface area contributed by atoms with Crippen molar-refractivity contribution < 1.29 is 9.53 Å². The van der Waals surface area contributed by atoms with E-state index in [9.17, 15) is 10.1 Å². The van der Waals surface area contributed by atoms with E-state index in [0.29, 0.717) is 29.9 Å². The molecule has 1 aromatic heterocycles. The summed E-state index contributed by atoms with van der Waals surface area (Å²) in [6.45, 7) is 2.23. The summed E-state index contributed by atoms with van der Waals surface area (Å²) in [6, 6.07) is 18.5. The number of amides is 1.